The van der Waals surface area contributed by atoms with Crippen LogP contribution in [-0.2, 0) is 6.54 Å². The zero-order chi connectivity index (χ0) is 11.0. The monoisotopic (exact) mass is 300 g/mol. The summed E-state index contributed by atoms with van der Waals surface area (Å²) in [5.74, 6) is 1.85. The highest BCUT2D eigenvalue weighted by molar-refractivity contribution is 9.10. The van der Waals surface area contributed by atoms with Crippen molar-refractivity contribution in [2.24, 2.45) is 11.8 Å². The van der Waals surface area contributed by atoms with Crippen LogP contribution in [0.15, 0.2) is 15.9 Å². The van der Waals surface area contributed by atoms with Crippen LogP contribution in [0.25, 0.3) is 0 Å². The first kappa shape index (κ1) is 11.2. The lowest BCUT2D eigenvalue weighted by molar-refractivity contribution is 0.143. The van der Waals surface area contributed by atoms with E-state index in [-0.39, 0.29) is 0 Å². The molecule has 1 aromatic rings. The van der Waals surface area contributed by atoms with Crippen LogP contribution in [0.1, 0.15) is 11.3 Å². The summed E-state index contributed by atoms with van der Waals surface area (Å²) in [6.45, 7) is 6.18. The average molecular weight is 301 g/mol. The number of hydrogen-bond acceptors (Lipinski definition) is 3. The number of halogens is 1. The fraction of sp³-hybridized carbons (Fsp3) is 0.667. The largest absolute Gasteiger partial charge is 0.316 e. The Morgan fingerprint density at radius 1 is 1.44 bits per heavy atom. The maximum atomic E-state index is 3.52. The normalized spacial score (nSPS) is 30.6. The second-order valence-electron chi connectivity index (χ2n) is 4.93. The minimum Gasteiger partial charge on any atom is -0.316 e. The van der Waals surface area contributed by atoms with Crippen LogP contribution in [0.3, 0.4) is 0 Å². The number of rotatable bonds is 2. The van der Waals surface area contributed by atoms with E-state index >= 15 is 0 Å². The molecule has 2 aliphatic heterocycles. The van der Waals surface area contributed by atoms with Crippen molar-refractivity contribution in [2.75, 3.05) is 26.2 Å². The Hall–Kier alpha value is 0.1000. The summed E-state index contributed by atoms with van der Waals surface area (Å²) in [5, 5.41) is 5.70. The van der Waals surface area contributed by atoms with Crippen LogP contribution in [-0.4, -0.2) is 31.1 Å². The molecule has 2 fully saturated rings. The zero-order valence-electron chi connectivity index (χ0n) is 9.29. The quantitative estimate of drug-likeness (QED) is 0.903. The molecule has 88 valence electrons. The Kier molecular flexibility index (Phi) is 3.34. The van der Waals surface area contributed by atoms with Gasteiger partial charge in [-0.25, -0.2) is 0 Å². The number of piperidine rings is 1. The number of hydrogen-bond donors (Lipinski definition) is 1. The summed E-state index contributed by atoms with van der Waals surface area (Å²) >= 11 is 5.39. The van der Waals surface area contributed by atoms with Crippen LogP contribution in [0.2, 0.25) is 0 Å². The third kappa shape index (κ3) is 2.35. The highest BCUT2D eigenvalue weighted by atomic mass is 79.9. The lowest BCUT2D eigenvalue weighted by atomic mass is 9.89. The molecule has 0 saturated carbocycles. The molecule has 2 atom stereocenters. The third-order valence-corrected chi connectivity index (χ3v) is 5.47. The first-order valence-electron chi connectivity index (χ1n) is 5.97. The van der Waals surface area contributed by atoms with Gasteiger partial charge >= 0.3 is 0 Å². The number of thiophene rings is 1. The van der Waals surface area contributed by atoms with Crippen LogP contribution >= 0.6 is 27.3 Å². The number of nitrogens with one attached hydrogen (secondary N) is 1. The molecular weight excluding hydrogens is 284 g/mol. The number of fused-ring (bicyclic) bond motifs is 1. The van der Waals surface area contributed by atoms with Gasteiger partial charge in [0, 0.05) is 27.8 Å². The summed E-state index contributed by atoms with van der Waals surface area (Å²) in [5.41, 5.74) is 0. The maximum Gasteiger partial charge on any atom is 0.0328 e. The molecule has 16 heavy (non-hydrogen) atoms. The van der Waals surface area contributed by atoms with Gasteiger partial charge in [0.05, 0.1) is 0 Å². The predicted molar refractivity (Wildman–Crippen MR) is 71.8 cm³/mol. The first-order valence-corrected chi connectivity index (χ1v) is 7.64. The van der Waals surface area contributed by atoms with Crippen LogP contribution in [0.4, 0.5) is 0 Å². The fourth-order valence-electron chi connectivity index (χ4n) is 2.91. The Morgan fingerprint density at radius 2 is 2.31 bits per heavy atom. The van der Waals surface area contributed by atoms with Crippen LogP contribution in [0.5, 0.6) is 0 Å². The second-order valence-corrected chi connectivity index (χ2v) is 6.84. The van der Waals surface area contributed by atoms with Gasteiger partial charge < -0.3 is 5.32 Å². The highest BCUT2D eigenvalue weighted by Gasteiger charge is 2.32. The molecule has 2 unspecified atom stereocenters. The molecule has 1 aromatic heterocycles. The fourth-order valence-corrected chi connectivity index (χ4v) is 4.40. The molecule has 3 rings (SSSR count). The van der Waals surface area contributed by atoms with E-state index in [0.29, 0.717) is 0 Å². The SMILES string of the molecule is Brc1csc(CN2CCC3CNCC3C2)c1. The topological polar surface area (TPSA) is 15.3 Å². The Bertz CT molecular complexity index is 366. The smallest absolute Gasteiger partial charge is 0.0328 e. The highest BCUT2D eigenvalue weighted by Crippen LogP contribution is 2.28. The Labute approximate surface area is 109 Å². The molecule has 0 radical (unpaired) electrons. The van der Waals surface area contributed by atoms with Crippen molar-refractivity contribution in [3.63, 3.8) is 0 Å². The summed E-state index contributed by atoms with van der Waals surface area (Å²) < 4.78 is 1.23. The first-order chi connectivity index (χ1) is 7.81. The number of nitrogens with zero attached hydrogens (tertiary/aromatic N) is 1. The zero-order valence-corrected chi connectivity index (χ0v) is 11.7. The van der Waals surface area contributed by atoms with E-state index in [1.54, 1.807) is 0 Å². The predicted octanol–water partition coefficient (Wildman–Crippen LogP) is 2.55. The van der Waals surface area contributed by atoms with Crippen molar-refractivity contribution in [1.29, 1.82) is 0 Å². The minimum atomic E-state index is 0.900. The van der Waals surface area contributed by atoms with E-state index in [1.165, 1.54) is 41.9 Å². The van der Waals surface area contributed by atoms with Gasteiger partial charge in [-0.1, -0.05) is 0 Å². The van der Waals surface area contributed by atoms with E-state index in [2.05, 4.69) is 37.6 Å². The van der Waals surface area contributed by atoms with Gasteiger partial charge in [0.1, 0.15) is 0 Å². The van der Waals surface area contributed by atoms with Crippen LogP contribution in [0, 0.1) is 11.8 Å². The lowest BCUT2D eigenvalue weighted by Gasteiger charge is -2.34. The second kappa shape index (κ2) is 4.77. The molecule has 2 saturated heterocycles. The third-order valence-electron chi connectivity index (χ3n) is 3.79. The molecule has 0 spiro atoms. The van der Waals surface area contributed by atoms with Gasteiger partial charge in [-0.2, -0.15) is 0 Å². The van der Waals surface area contributed by atoms with Gasteiger partial charge in [0.2, 0.25) is 0 Å². The molecule has 4 heteroatoms. The van der Waals surface area contributed by atoms with E-state index in [9.17, 15) is 0 Å². The van der Waals surface area contributed by atoms with Gasteiger partial charge in [0.25, 0.3) is 0 Å². The Balaban J connectivity index is 1.60. The van der Waals surface area contributed by atoms with E-state index in [0.717, 1.165) is 18.4 Å². The van der Waals surface area contributed by atoms with E-state index in [1.807, 2.05) is 11.3 Å². The molecule has 0 aromatic carbocycles. The van der Waals surface area contributed by atoms with Crippen LogP contribution < -0.4 is 5.32 Å². The summed E-state index contributed by atoms with van der Waals surface area (Å²) in [7, 11) is 0. The van der Waals surface area contributed by atoms with Crippen molar-refractivity contribution >= 4 is 27.3 Å². The van der Waals surface area contributed by atoms with Gasteiger partial charge in [-0.15, -0.1) is 11.3 Å². The van der Waals surface area contributed by atoms with E-state index < -0.39 is 0 Å². The number of likely N-dealkylation sites (tertiary alicyclic amines) is 1. The van der Waals surface area contributed by atoms with E-state index in [4.69, 9.17) is 0 Å². The van der Waals surface area contributed by atoms with Gasteiger partial charge in [0.15, 0.2) is 0 Å². The molecule has 0 bridgehead atoms. The van der Waals surface area contributed by atoms with Crippen molar-refractivity contribution in [3.05, 3.63) is 20.8 Å². The molecule has 0 amide bonds. The molecule has 3 heterocycles. The molecule has 2 aliphatic rings. The summed E-state index contributed by atoms with van der Waals surface area (Å²) in [6.07, 6.45) is 1.38. The molecule has 0 aliphatic carbocycles. The average Bonchev–Trinajstić information content (AvgIpc) is 2.87. The minimum absolute atomic E-state index is 0.900. The standard InChI is InChI=1S/C12H17BrN2S/c13-11-3-12(16-8-11)7-15-2-1-9-4-14-5-10(9)6-15/h3,8-10,14H,1-2,4-7H2. The van der Waals surface area contributed by atoms with Crippen molar-refractivity contribution < 1.29 is 0 Å². The summed E-state index contributed by atoms with van der Waals surface area (Å²) in [6, 6.07) is 2.25. The van der Waals surface area contributed by atoms with Crippen molar-refractivity contribution in [2.45, 2.75) is 13.0 Å². The molecule has 1 N–H and O–H groups in total. The molecule has 2 nitrogen and oxygen atoms in total. The lowest BCUT2D eigenvalue weighted by Crippen LogP contribution is -2.39. The van der Waals surface area contributed by atoms with Gasteiger partial charge in [-0.3, -0.25) is 4.90 Å². The van der Waals surface area contributed by atoms with Crippen molar-refractivity contribution in [1.82, 2.24) is 10.2 Å². The van der Waals surface area contributed by atoms with Crippen molar-refractivity contribution in [3.8, 4) is 0 Å². The van der Waals surface area contributed by atoms with Gasteiger partial charge in [-0.05, 0) is 59.9 Å². The summed E-state index contributed by atoms with van der Waals surface area (Å²) in [4.78, 5) is 4.10. The molecular formula is C12H17BrN2S. The maximum absolute atomic E-state index is 3.52. The Morgan fingerprint density at radius 3 is 3.12 bits per heavy atom.